The van der Waals surface area contributed by atoms with Crippen LogP contribution in [0.5, 0.6) is 0 Å². The van der Waals surface area contributed by atoms with Crippen molar-refractivity contribution in [3.63, 3.8) is 0 Å². The second kappa shape index (κ2) is 8.11. The summed E-state index contributed by atoms with van der Waals surface area (Å²) in [5.74, 6) is 4.46. The highest BCUT2D eigenvalue weighted by atomic mass is 79.9. The summed E-state index contributed by atoms with van der Waals surface area (Å²) in [5, 5.41) is 10.2. The number of esters is 1. The van der Waals surface area contributed by atoms with E-state index in [1.807, 2.05) is 0 Å². The minimum absolute atomic E-state index is 0.0535. The van der Waals surface area contributed by atoms with E-state index in [0.717, 1.165) is 48.9 Å². The molecule has 5 unspecified atom stereocenters. The predicted molar refractivity (Wildman–Crippen MR) is 120 cm³/mol. The Morgan fingerprint density at radius 1 is 1.07 bits per heavy atom. The van der Waals surface area contributed by atoms with Crippen molar-refractivity contribution in [2.75, 3.05) is 7.11 Å². The van der Waals surface area contributed by atoms with Crippen LogP contribution in [0.2, 0.25) is 0 Å². The first-order valence-corrected chi connectivity index (χ1v) is 13.0. The maximum absolute atomic E-state index is 11.9. The molecule has 4 aliphatic carbocycles. The molecule has 0 aliphatic heterocycles. The molecule has 0 aromatic heterocycles. The lowest BCUT2D eigenvalue weighted by Gasteiger charge is -2.61. The van der Waals surface area contributed by atoms with Crippen LogP contribution in [-0.2, 0) is 9.53 Å². The number of carbonyl (C=O) groups excluding carboxylic acids is 1. The van der Waals surface area contributed by atoms with Crippen LogP contribution in [0, 0.1) is 46.3 Å². The Morgan fingerprint density at radius 3 is 2.48 bits per heavy atom. The van der Waals surface area contributed by atoms with Crippen molar-refractivity contribution < 1.29 is 14.6 Å². The quantitative estimate of drug-likeness (QED) is 0.408. The third-order valence-electron chi connectivity index (χ3n) is 10.4. The fourth-order valence-electron chi connectivity index (χ4n) is 8.93. The van der Waals surface area contributed by atoms with Gasteiger partial charge in [0.15, 0.2) is 0 Å². The molecular formula is C25H41BrO3. The fraction of sp³-hybridized carbons (Fsp3) is 0.960. The highest BCUT2D eigenvalue weighted by Gasteiger charge is 2.60. The molecule has 0 bridgehead atoms. The van der Waals surface area contributed by atoms with E-state index >= 15 is 0 Å². The Morgan fingerprint density at radius 2 is 1.76 bits per heavy atom. The zero-order valence-corrected chi connectivity index (χ0v) is 20.4. The van der Waals surface area contributed by atoms with E-state index in [2.05, 4.69) is 36.7 Å². The van der Waals surface area contributed by atoms with E-state index in [1.165, 1.54) is 52.1 Å². The maximum atomic E-state index is 11.9. The molecule has 10 atom stereocenters. The number of fused-ring (bicyclic) bond motifs is 5. The molecule has 0 heterocycles. The second-order valence-corrected chi connectivity index (χ2v) is 12.6. The Kier molecular flexibility index (Phi) is 6.19. The number of methoxy groups -OCH3 is 1. The minimum atomic E-state index is -0.176. The number of ether oxygens (including phenoxy) is 1. The molecule has 4 aliphatic rings. The van der Waals surface area contributed by atoms with Crippen LogP contribution in [0.4, 0.5) is 0 Å². The smallest absolute Gasteiger partial charge is 0.319 e. The van der Waals surface area contributed by atoms with Crippen molar-refractivity contribution in [3.8, 4) is 0 Å². The zero-order chi connectivity index (χ0) is 21.0. The first-order valence-electron chi connectivity index (χ1n) is 12.1. The van der Waals surface area contributed by atoms with Crippen LogP contribution in [0.1, 0.15) is 85.0 Å². The van der Waals surface area contributed by atoms with Crippen LogP contribution in [0.3, 0.4) is 0 Å². The number of alkyl halides is 1. The topological polar surface area (TPSA) is 46.5 Å². The van der Waals surface area contributed by atoms with E-state index in [0.29, 0.717) is 16.7 Å². The van der Waals surface area contributed by atoms with Crippen molar-refractivity contribution in [3.05, 3.63) is 0 Å². The SMILES string of the molecule is COC(=O)C(Br)C[C@@H](C)C1CCC2C3CC[C@@H]4C[C@H](O)CC[C@]4(C)C3CC[C@@]21C. The summed E-state index contributed by atoms with van der Waals surface area (Å²) in [4.78, 5) is 11.7. The predicted octanol–water partition coefficient (Wildman–Crippen LogP) is 5.97. The molecule has 4 rings (SSSR count). The largest absolute Gasteiger partial charge is 0.468 e. The van der Waals surface area contributed by atoms with Gasteiger partial charge in [-0.3, -0.25) is 4.79 Å². The Balaban J connectivity index is 1.49. The molecule has 1 N–H and O–H groups in total. The Labute approximate surface area is 185 Å². The standard InChI is InChI=1S/C25H41BrO3/c1-15(13-22(26)23(28)29-4)19-7-8-20-18-6-5-16-14-17(27)9-11-24(16,2)21(18)10-12-25(19,20)3/h15-22,27H,5-14H2,1-4H3/t15-,16-,17-,18?,19?,20?,21?,22?,24+,25-/m1/s1. The lowest BCUT2D eigenvalue weighted by Crippen LogP contribution is -2.54. The summed E-state index contributed by atoms with van der Waals surface area (Å²) in [7, 11) is 1.48. The van der Waals surface area contributed by atoms with Crippen LogP contribution < -0.4 is 0 Å². The third kappa shape index (κ3) is 3.62. The number of rotatable bonds is 4. The number of aliphatic hydroxyl groups excluding tert-OH is 1. The van der Waals surface area contributed by atoms with Gasteiger partial charge in [-0.15, -0.1) is 0 Å². The number of halogens is 1. The molecule has 4 saturated carbocycles. The number of aliphatic hydroxyl groups is 1. The normalized spacial score (nSPS) is 48.8. The molecule has 0 radical (unpaired) electrons. The highest BCUT2D eigenvalue weighted by molar-refractivity contribution is 9.10. The maximum Gasteiger partial charge on any atom is 0.319 e. The van der Waals surface area contributed by atoms with Crippen LogP contribution in [-0.4, -0.2) is 29.1 Å². The van der Waals surface area contributed by atoms with E-state index in [1.54, 1.807) is 0 Å². The molecule has 0 amide bonds. The molecule has 166 valence electrons. The van der Waals surface area contributed by atoms with Gasteiger partial charge in [-0.05, 0) is 111 Å². The summed E-state index contributed by atoms with van der Waals surface area (Å²) in [6.45, 7) is 7.52. The molecular weight excluding hydrogens is 428 g/mol. The molecule has 0 spiro atoms. The average molecular weight is 470 g/mol. The van der Waals surface area contributed by atoms with Crippen LogP contribution >= 0.6 is 15.9 Å². The van der Waals surface area contributed by atoms with E-state index in [9.17, 15) is 9.90 Å². The van der Waals surface area contributed by atoms with E-state index in [-0.39, 0.29) is 16.9 Å². The summed E-state index contributed by atoms with van der Waals surface area (Å²) in [6, 6.07) is 0. The zero-order valence-electron chi connectivity index (χ0n) is 18.8. The lowest BCUT2D eigenvalue weighted by atomic mass is 9.44. The molecule has 29 heavy (non-hydrogen) atoms. The summed E-state index contributed by atoms with van der Waals surface area (Å²) in [6.07, 6.45) is 12.2. The molecule has 3 nitrogen and oxygen atoms in total. The van der Waals surface area contributed by atoms with E-state index < -0.39 is 0 Å². The summed E-state index contributed by atoms with van der Waals surface area (Å²) in [5.41, 5.74) is 0.889. The van der Waals surface area contributed by atoms with Crippen LogP contribution in [0.15, 0.2) is 0 Å². The van der Waals surface area contributed by atoms with Gasteiger partial charge in [0, 0.05) is 0 Å². The Bertz CT molecular complexity index is 623. The summed E-state index contributed by atoms with van der Waals surface area (Å²) >= 11 is 3.57. The summed E-state index contributed by atoms with van der Waals surface area (Å²) < 4.78 is 4.94. The molecule has 0 aromatic carbocycles. The van der Waals surface area contributed by atoms with Gasteiger partial charge in [0.2, 0.25) is 0 Å². The van der Waals surface area contributed by atoms with Gasteiger partial charge in [0.1, 0.15) is 4.83 Å². The number of hydrogen-bond acceptors (Lipinski definition) is 3. The van der Waals surface area contributed by atoms with Gasteiger partial charge in [-0.2, -0.15) is 0 Å². The minimum Gasteiger partial charge on any atom is -0.468 e. The van der Waals surface area contributed by atoms with Crippen LogP contribution in [0.25, 0.3) is 0 Å². The van der Waals surface area contributed by atoms with Crippen molar-refractivity contribution in [1.29, 1.82) is 0 Å². The van der Waals surface area contributed by atoms with Crippen molar-refractivity contribution in [2.24, 2.45) is 46.3 Å². The molecule has 4 heteroatoms. The van der Waals surface area contributed by atoms with Gasteiger partial charge in [-0.1, -0.05) is 36.7 Å². The second-order valence-electron chi connectivity index (χ2n) is 11.5. The number of carbonyl (C=O) groups is 1. The van der Waals surface area contributed by atoms with Crippen molar-refractivity contribution in [2.45, 2.75) is 95.9 Å². The first-order chi connectivity index (χ1) is 13.7. The van der Waals surface area contributed by atoms with Gasteiger partial charge in [0.05, 0.1) is 13.2 Å². The Hall–Kier alpha value is -0.0900. The first kappa shape index (κ1) is 22.1. The van der Waals surface area contributed by atoms with Gasteiger partial charge < -0.3 is 9.84 Å². The molecule has 0 saturated heterocycles. The van der Waals surface area contributed by atoms with Gasteiger partial charge in [-0.25, -0.2) is 0 Å². The number of hydrogen-bond donors (Lipinski definition) is 1. The monoisotopic (exact) mass is 468 g/mol. The molecule has 4 fully saturated rings. The van der Waals surface area contributed by atoms with Gasteiger partial charge >= 0.3 is 5.97 Å². The highest BCUT2D eigenvalue weighted by Crippen LogP contribution is 2.68. The molecule has 0 aromatic rings. The fourth-order valence-corrected chi connectivity index (χ4v) is 9.70. The van der Waals surface area contributed by atoms with Crippen molar-refractivity contribution >= 4 is 21.9 Å². The third-order valence-corrected chi connectivity index (χ3v) is 11.2. The average Bonchev–Trinajstić information content (AvgIpc) is 3.05. The van der Waals surface area contributed by atoms with E-state index in [4.69, 9.17) is 4.74 Å². The lowest BCUT2D eigenvalue weighted by molar-refractivity contribution is -0.140. The van der Waals surface area contributed by atoms with Gasteiger partial charge in [0.25, 0.3) is 0 Å². The van der Waals surface area contributed by atoms with Crippen molar-refractivity contribution in [1.82, 2.24) is 0 Å².